The van der Waals surface area contributed by atoms with Gasteiger partial charge in [-0.2, -0.15) is 0 Å². The van der Waals surface area contributed by atoms with Crippen molar-refractivity contribution in [2.75, 3.05) is 39.4 Å². The predicted octanol–water partition coefficient (Wildman–Crippen LogP) is 1.86. The fraction of sp³-hybridized carbons (Fsp3) is 0.579. The second-order valence-electron chi connectivity index (χ2n) is 6.72. The number of halogens is 1. The van der Waals surface area contributed by atoms with E-state index in [0.29, 0.717) is 52.2 Å². The van der Waals surface area contributed by atoms with Crippen LogP contribution in [0.2, 0.25) is 0 Å². The summed E-state index contributed by atoms with van der Waals surface area (Å²) in [6.45, 7) is 3.87. The molecule has 0 spiro atoms. The summed E-state index contributed by atoms with van der Waals surface area (Å²) in [4.78, 5) is 28.6. The van der Waals surface area contributed by atoms with E-state index in [4.69, 9.17) is 4.74 Å². The number of ether oxygens (including phenoxy) is 1. The van der Waals surface area contributed by atoms with Crippen molar-refractivity contribution in [3.8, 4) is 0 Å². The lowest BCUT2D eigenvalue weighted by Gasteiger charge is -2.35. The van der Waals surface area contributed by atoms with E-state index in [2.05, 4.69) is 0 Å². The standard InChI is InChI=1S/C19H25FN2O3/c20-17-4-1-15(2-5-17)3-6-18(23)21-9-7-16(8-10-21)19(24)22-11-13-25-14-12-22/h1-2,4-5,16H,3,6-14H2. The van der Waals surface area contributed by atoms with Crippen molar-refractivity contribution < 1.29 is 18.7 Å². The monoisotopic (exact) mass is 348 g/mol. The van der Waals surface area contributed by atoms with Crippen LogP contribution >= 0.6 is 0 Å². The molecular formula is C19H25FN2O3. The number of carbonyl (C=O) groups is 2. The zero-order chi connectivity index (χ0) is 17.6. The molecule has 0 unspecified atom stereocenters. The van der Waals surface area contributed by atoms with Gasteiger partial charge in [0.05, 0.1) is 13.2 Å². The number of nitrogens with zero attached hydrogens (tertiary/aromatic N) is 2. The van der Waals surface area contributed by atoms with Crippen LogP contribution in [0.5, 0.6) is 0 Å². The summed E-state index contributed by atoms with van der Waals surface area (Å²) in [7, 11) is 0. The first-order valence-corrected chi connectivity index (χ1v) is 9.02. The van der Waals surface area contributed by atoms with E-state index in [-0.39, 0.29) is 23.5 Å². The molecule has 2 fully saturated rings. The molecule has 3 rings (SSSR count). The lowest BCUT2D eigenvalue weighted by Crippen LogP contribution is -2.47. The summed E-state index contributed by atoms with van der Waals surface area (Å²) in [6.07, 6.45) is 2.51. The molecule has 5 nitrogen and oxygen atoms in total. The molecule has 2 aliphatic heterocycles. The molecule has 0 saturated carbocycles. The Morgan fingerprint density at radius 3 is 2.28 bits per heavy atom. The van der Waals surface area contributed by atoms with Crippen LogP contribution in [0.15, 0.2) is 24.3 Å². The second kappa shape index (κ2) is 8.43. The van der Waals surface area contributed by atoms with Crippen molar-refractivity contribution in [2.45, 2.75) is 25.7 Å². The Hall–Kier alpha value is -1.95. The zero-order valence-electron chi connectivity index (χ0n) is 14.5. The van der Waals surface area contributed by atoms with Crippen LogP contribution in [0.4, 0.5) is 4.39 Å². The quantitative estimate of drug-likeness (QED) is 0.834. The number of aryl methyl sites for hydroxylation is 1. The van der Waals surface area contributed by atoms with E-state index in [1.807, 2.05) is 9.80 Å². The summed E-state index contributed by atoms with van der Waals surface area (Å²) in [6, 6.07) is 6.27. The van der Waals surface area contributed by atoms with Crippen LogP contribution < -0.4 is 0 Å². The average Bonchev–Trinajstić information content (AvgIpc) is 2.67. The molecule has 0 aromatic heterocycles. The Bertz CT molecular complexity index is 591. The summed E-state index contributed by atoms with van der Waals surface area (Å²) in [5.41, 5.74) is 0.965. The van der Waals surface area contributed by atoms with Gasteiger partial charge in [-0.1, -0.05) is 12.1 Å². The minimum Gasteiger partial charge on any atom is -0.378 e. The van der Waals surface area contributed by atoms with Crippen molar-refractivity contribution in [3.63, 3.8) is 0 Å². The van der Waals surface area contributed by atoms with E-state index >= 15 is 0 Å². The zero-order valence-corrected chi connectivity index (χ0v) is 14.5. The predicted molar refractivity (Wildman–Crippen MR) is 91.4 cm³/mol. The number of morpholine rings is 1. The van der Waals surface area contributed by atoms with Gasteiger partial charge in [-0.15, -0.1) is 0 Å². The molecule has 0 bridgehead atoms. The molecule has 0 radical (unpaired) electrons. The number of carbonyl (C=O) groups excluding carboxylic acids is 2. The highest BCUT2D eigenvalue weighted by atomic mass is 19.1. The molecule has 2 heterocycles. The van der Waals surface area contributed by atoms with Gasteiger partial charge in [0, 0.05) is 38.5 Å². The Morgan fingerprint density at radius 1 is 1.00 bits per heavy atom. The van der Waals surface area contributed by atoms with Gasteiger partial charge in [-0.3, -0.25) is 9.59 Å². The van der Waals surface area contributed by atoms with Crippen molar-refractivity contribution in [1.29, 1.82) is 0 Å². The number of likely N-dealkylation sites (tertiary alicyclic amines) is 1. The molecule has 2 aliphatic rings. The number of amides is 2. The highest BCUT2D eigenvalue weighted by Crippen LogP contribution is 2.21. The molecule has 1 aromatic rings. The number of hydrogen-bond acceptors (Lipinski definition) is 3. The van der Waals surface area contributed by atoms with Crippen LogP contribution in [-0.4, -0.2) is 61.0 Å². The fourth-order valence-electron chi connectivity index (χ4n) is 3.48. The molecule has 6 heteroatoms. The van der Waals surface area contributed by atoms with E-state index in [1.165, 1.54) is 12.1 Å². The van der Waals surface area contributed by atoms with Gasteiger partial charge in [0.15, 0.2) is 0 Å². The SMILES string of the molecule is O=C(CCc1ccc(F)cc1)N1CCC(C(=O)N2CCOCC2)CC1. The maximum atomic E-state index is 12.9. The van der Waals surface area contributed by atoms with Crippen LogP contribution in [0, 0.1) is 11.7 Å². The van der Waals surface area contributed by atoms with E-state index < -0.39 is 0 Å². The maximum absolute atomic E-state index is 12.9. The summed E-state index contributed by atoms with van der Waals surface area (Å²) < 4.78 is 18.2. The smallest absolute Gasteiger partial charge is 0.225 e. The summed E-state index contributed by atoms with van der Waals surface area (Å²) in [5.74, 6) is 0.0876. The normalized spacial score (nSPS) is 19.1. The van der Waals surface area contributed by atoms with E-state index in [1.54, 1.807) is 12.1 Å². The molecule has 2 saturated heterocycles. The van der Waals surface area contributed by atoms with Gasteiger partial charge >= 0.3 is 0 Å². The van der Waals surface area contributed by atoms with Crippen molar-refractivity contribution in [1.82, 2.24) is 9.80 Å². The third-order valence-corrected chi connectivity index (χ3v) is 5.06. The largest absolute Gasteiger partial charge is 0.378 e. The molecule has 136 valence electrons. The number of rotatable bonds is 4. The van der Waals surface area contributed by atoms with Gasteiger partial charge in [-0.25, -0.2) is 4.39 Å². The van der Waals surface area contributed by atoms with Crippen LogP contribution in [-0.2, 0) is 20.7 Å². The second-order valence-corrected chi connectivity index (χ2v) is 6.72. The third kappa shape index (κ3) is 4.78. The maximum Gasteiger partial charge on any atom is 0.225 e. The van der Waals surface area contributed by atoms with Gasteiger partial charge in [-0.05, 0) is 37.0 Å². The van der Waals surface area contributed by atoms with Crippen LogP contribution in [0.3, 0.4) is 0 Å². The van der Waals surface area contributed by atoms with Crippen LogP contribution in [0.1, 0.15) is 24.8 Å². The highest BCUT2D eigenvalue weighted by Gasteiger charge is 2.30. The fourth-order valence-corrected chi connectivity index (χ4v) is 3.48. The van der Waals surface area contributed by atoms with E-state index in [9.17, 15) is 14.0 Å². The van der Waals surface area contributed by atoms with Crippen molar-refractivity contribution >= 4 is 11.8 Å². The molecule has 0 N–H and O–H groups in total. The molecule has 2 amide bonds. The molecule has 0 atom stereocenters. The molecule has 1 aromatic carbocycles. The first-order valence-electron chi connectivity index (χ1n) is 9.02. The summed E-state index contributed by atoms with van der Waals surface area (Å²) >= 11 is 0. The Balaban J connectivity index is 1.42. The first kappa shape index (κ1) is 17.9. The Morgan fingerprint density at radius 2 is 1.64 bits per heavy atom. The van der Waals surface area contributed by atoms with Gasteiger partial charge < -0.3 is 14.5 Å². The highest BCUT2D eigenvalue weighted by molar-refractivity contribution is 5.80. The topological polar surface area (TPSA) is 49.9 Å². The number of hydrogen-bond donors (Lipinski definition) is 0. The number of benzene rings is 1. The van der Waals surface area contributed by atoms with Gasteiger partial charge in [0.25, 0.3) is 0 Å². The Kier molecular flexibility index (Phi) is 6.02. The summed E-state index contributed by atoms with van der Waals surface area (Å²) in [5, 5.41) is 0. The lowest BCUT2D eigenvalue weighted by molar-refractivity contribution is -0.143. The van der Waals surface area contributed by atoms with Gasteiger partial charge in [0.1, 0.15) is 5.82 Å². The first-order chi connectivity index (χ1) is 12.1. The van der Waals surface area contributed by atoms with Crippen molar-refractivity contribution in [3.05, 3.63) is 35.6 Å². The Labute approximate surface area is 147 Å². The number of piperidine rings is 1. The molecular weight excluding hydrogens is 323 g/mol. The minimum atomic E-state index is -0.262. The van der Waals surface area contributed by atoms with Crippen LogP contribution in [0.25, 0.3) is 0 Å². The molecule has 0 aliphatic carbocycles. The third-order valence-electron chi connectivity index (χ3n) is 5.06. The van der Waals surface area contributed by atoms with E-state index in [0.717, 1.165) is 18.4 Å². The lowest BCUT2D eigenvalue weighted by atomic mass is 9.94. The molecule has 25 heavy (non-hydrogen) atoms. The minimum absolute atomic E-state index is 0.0271. The average molecular weight is 348 g/mol. The van der Waals surface area contributed by atoms with Crippen molar-refractivity contribution in [2.24, 2.45) is 5.92 Å². The van der Waals surface area contributed by atoms with Gasteiger partial charge in [0.2, 0.25) is 11.8 Å².